The Labute approximate surface area is 117 Å². The lowest BCUT2D eigenvalue weighted by atomic mass is 10.2. The van der Waals surface area contributed by atoms with Crippen molar-refractivity contribution in [1.82, 2.24) is 24.6 Å². The quantitative estimate of drug-likeness (QED) is 0.919. The highest BCUT2D eigenvalue weighted by molar-refractivity contribution is 5.92. The first-order valence-electron chi connectivity index (χ1n) is 7.07. The number of nitrogens with zero attached hydrogens (tertiary/aromatic N) is 4. The fourth-order valence-electron chi connectivity index (χ4n) is 2.67. The topological polar surface area (TPSA) is 64.7 Å². The van der Waals surface area contributed by atoms with Crippen molar-refractivity contribution in [3.8, 4) is 0 Å². The van der Waals surface area contributed by atoms with Crippen molar-refractivity contribution >= 4 is 5.91 Å². The van der Waals surface area contributed by atoms with E-state index in [1.165, 1.54) is 0 Å². The van der Waals surface area contributed by atoms with Gasteiger partial charge in [0, 0.05) is 31.2 Å². The monoisotopic (exact) mass is 273 g/mol. The van der Waals surface area contributed by atoms with Crippen molar-refractivity contribution in [2.24, 2.45) is 0 Å². The number of aryl methyl sites for hydroxylation is 3. The SMILES string of the molecule is CCn1ccnc1C(C)NC(=O)c1cc2n(n1)CCC2. The first-order chi connectivity index (χ1) is 9.69. The summed E-state index contributed by atoms with van der Waals surface area (Å²) < 4.78 is 3.95. The third-order valence-corrected chi connectivity index (χ3v) is 3.72. The van der Waals surface area contributed by atoms with Gasteiger partial charge in [-0.3, -0.25) is 9.48 Å². The number of carbonyl (C=O) groups is 1. The number of hydrogen-bond acceptors (Lipinski definition) is 3. The lowest BCUT2D eigenvalue weighted by Gasteiger charge is -2.14. The van der Waals surface area contributed by atoms with Crippen molar-refractivity contribution < 1.29 is 4.79 Å². The molecule has 106 valence electrons. The van der Waals surface area contributed by atoms with E-state index in [4.69, 9.17) is 0 Å². The van der Waals surface area contributed by atoms with Crippen molar-refractivity contribution in [3.05, 3.63) is 35.7 Å². The third kappa shape index (κ3) is 2.21. The summed E-state index contributed by atoms with van der Waals surface area (Å²) in [6.45, 7) is 5.75. The molecule has 6 nitrogen and oxygen atoms in total. The van der Waals surface area contributed by atoms with E-state index in [2.05, 4.69) is 22.3 Å². The lowest BCUT2D eigenvalue weighted by molar-refractivity contribution is 0.0931. The largest absolute Gasteiger partial charge is 0.341 e. The number of amides is 1. The molecule has 3 heterocycles. The van der Waals surface area contributed by atoms with Gasteiger partial charge in [-0.2, -0.15) is 5.10 Å². The number of imidazole rings is 1. The summed E-state index contributed by atoms with van der Waals surface area (Å²) in [6.07, 6.45) is 5.81. The van der Waals surface area contributed by atoms with E-state index in [-0.39, 0.29) is 11.9 Å². The number of fused-ring (bicyclic) bond motifs is 1. The normalized spacial score (nSPS) is 15.1. The van der Waals surface area contributed by atoms with Crippen LogP contribution >= 0.6 is 0 Å². The van der Waals surface area contributed by atoms with Crippen LogP contribution in [0, 0.1) is 0 Å². The van der Waals surface area contributed by atoms with Gasteiger partial charge in [0.25, 0.3) is 5.91 Å². The molecule has 0 saturated carbocycles. The minimum atomic E-state index is -0.134. The van der Waals surface area contributed by atoms with E-state index in [9.17, 15) is 4.79 Å². The predicted molar refractivity (Wildman–Crippen MR) is 74.3 cm³/mol. The van der Waals surface area contributed by atoms with Gasteiger partial charge in [0.2, 0.25) is 0 Å². The van der Waals surface area contributed by atoms with Gasteiger partial charge in [0.05, 0.1) is 6.04 Å². The second-order valence-electron chi connectivity index (χ2n) is 5.11. The van der Waals surface area contributed by atoms with E-state index in [0.29, 0.717) is 5.69 Å². The summed E-state index contributed by atoms with van der Waals surface area (Å²) >= 11 is 0. The minimum Gasteiger partial charge on any atom is -0.341 e. The molecule has 0 aromatic carbocycles. The maximum absolute atomic E-state index is 12.2. The van der Waals surface area contributed by atoms with Crippen LogP contribution in [0.1, 0.15) is 48.3 Å². The molecule has 0 fully saturated rings. The molecule has 1 atom stereocenters. The molecular weight excluding hydrogens is 254 g/mol. The van der Waals surface area contributed by atoms with Gasteiger partial charge in [-0.15, -0.1) is 0 Å². The van der Waals surface area contributed by atoms with Crippen LogP contribution in [0.5, 0.6) is 0 Å². The molecule has 3 rings (SSSR count). The molecular formula is C14H19N5O. The average Bonchev–Trinajstić information content (AvgIpc) is 3.12. The highest BCUT2D eigenvalue weighted by Crippen LogP contribution is 2.16. The Kier molecular flexibility index (Phi) is 3.30. The summed E-state index contributed by atoms with van der Waals surface area (Å²) in [5, 5.41) is 7.31. The van der Waals surface area contributed by atoms with E-state index in [1.807, 2.05) is 28.4 Å². The molecule has 20 heavy (non-hydrogen) atoms. The molecule has 0 bridgehead atoms. The Hall–Kier alpha value is -2.11. The van der Waals surface area contributed by atoms with E-state index in [0.717, 1.165) is 37.4 Å². The smallest absolute Gasteiger partial charge is 0.272 e. The molecule has 1 aliphatic heterocycles. The van der Waals surface area contributed by atoms with Crippen LogP contribution < -0.4 is 5.32 Å². The Morgan fingerprint density at radius 2 is 2.40 bits per heavy atom. The van der Waals surface area contributed by atoms with Gasteiger partial charge in [-0.25, -0.2) is 4.98 Å². The number of carbonyl (C=O) groups excluding carboxylic acids is 1. The highest BCUT2D eigenvalue weighted by atomic mass is 16.2. The Morgan fingerprint density at radius 3 is 3.15 bits per heavy atom. The van der Waals surface area contributed by atoms with E-state index < -0.39 is 0 Å². The molecule has 0 radical (unpaired) electrons. The first kappa shape index (κ1) is 12.9. The molecule has 1 unspecified atom stereocenters. The molecule has 0 spiro atoms. The zero-order chi connectivity index (χ0) is 14.1. The Morgan fingerprint density at radius 1 is 1.55 bits per heavy atom. The van der Waals surface area contributed by atoms with Gasteiger partial charge < -0.3 is 9.88 Å². The third-order valence-electron chi connectivity index (χ3n) is 3.72. The van der Waals surface area contributed by atoms with Gasteiger partial charge in [0.15, 0.2) is 0 Å². The van der Waals surface area contributed by atoms with Crippen LogP contribution in [0.15, 0.2) is 18.5 Å². The minimum absolute atomic E-state index is 0.131. The van der Waals surface area contributed by atoms with Crippen LogP contribution in [-0.4, -0.2) is 25.2 Å². The maximum atomic E-state index is 12.2. The zero-order valence-electron chi connectivity index (χ0n) is 11.8. The van der Waals surface area contributed by atoms with Gasteiger partial charge >= 0.3 is 0 Å². The van der Waals surface area contributed by atoms with E-state index in [1.54, 1.807) is 6.20 Å². The van der Waals surface area contributed by atoms with Crippen molar-refractivity contribution in [3.63, 3.8) is 0 Å². The van der Waals surface area contributed by atoms with Gasteiger partial charge in [0.1, 0.15) is 11.5 Å². The molecule has 6 heteroatoms. The van der Waals surface area contributed by atoms with Crippen LogP contribution in [0.4, 0.5) is 0 Å². The molecule has 2 aromatic heterocycles. The second kappa shape index (κ2) is 5.11. The molecule has 1 amide bonds. The number of rotatable bonds is 4. The first-order valence-corrected chi connectivity index (χ1v) is 7.07. The molecule has 1 N–H and O–H groups in total. The van der Waals surface area contributed by atoms with Gasteiger partial charge in [-0.1, -0.05) is 0 Å². The highest BCUT2D eigenvalue weighted by Gasteiger charge is 2.20. The molecule has 1 aliphatic rings. The standard InChI is InChI=1S/C14H19N5O/c1-3-18-8-6-15-13(18)10(2)16-14(20)12-9-11-5-4-7-19(11)17-12/h6,8-10H,3-5,7H2,1-2H3,(H,16,20). The maximum Gasteiger partial charge on any atom is 0.272 e. The van der Waals surface area contributed by atoms with Crippen LogP contribution in [-0.2, 0) is 19.5 Å². The predicted octanol–water partition coefficient (Wildman–Crippen LogP) is 1.54. The number of aromatic nitrogens is 4. The van der Waals surface area contributed by atoms with E-state index >= 15 is 0 Å². The fraction of sp³-hybridized carbons (Fsp3) is 0.500. The molecule has 2 aromatic rings. The lowest BCUT2D eigenvalue weighted by Crippen LogP contribution is -2.29. The van der Waals surface area contributed by atoms with Crippen LogP contribution in [0.2, 0.25) is 0 Å². The fourth-order valence-corrected chi connectivity index (χ4v) is 2.67. The summed E-state index contributed by atoms with van der Waals surface area (Å²) in [4.78, 5) is 16.5. The molecule has 0 saturated heterocycles. The Balaban J connectivity index is 1.72. The summed E-state index contributed by atoms with van der Waals surface area (Å²) in [6, 6.07) is 1.76. The van der Waals surface area contributed by atoms with Crippen molar-refractivity contribution in [2.45, 2.75) is 45.8 Å². The van der Waals surface area contributed by atoms with Crippen molar-refractivity contribution in [1.29, 1.82) is 0 Å². The Bertz CT molecular complexity index is 606. The zero-order valence-corrected chi connectivity index (χ0v) is 11.8. The van der Waals surface area contributed by atoms with Crippen LogP contribution in [0.3, 0.4) is 0 Å². The van der Waals surface area contributed by atoms with Crippen molar-refractivity contribution in [2.75, 3.05) is 0 Å². The van der Waals surface area contributed by atoms with Crippen LogP contribution in [0.25, 0.3) is 0 Å². The summed E-state index contributed by atoms with van der Waals surface area (Å²) in [5.74, 6) is 0.734. The molecule has 0 aliphatic carbocycles. The number of nitrogens with one attached hydrogen (secondary N) is 1. The number of hydrogen-bond donors (Lipinski definition) is 1. The summed E-state index contributed by atoms with van der Waals surface area (Å²) in [5.41, 5.74) is 1.65. The van der Waals surface area contributed by atoms with Gasteiger partial charge in [-0.05, 0) is 32.8 Å². The summed E-state index contributed by atoms with van der Waals surface area (Å²) in [7, 11) is 0. The second-order valence-corrected chi connectivity index (χ2v) is 5.11. The average molecular weight is 273 g/mol.